The maximum atomic E-state index is 13.4. The Hall–Kier alpha value is -2.02. The number of thiazole rings is 1. The predicted molar refractivity (Wildman–Crippen MR) is 83.7 cm³/mol. The zero-order valence-corrected chi connectivity index (χ0v) is 13.0. The van der Waals surface area contributed by atoms with Gasteiger partial charge in [0.05, 0.1) is 22.6 Å². The van der Waals surface area contributed by atoms with E-state index < -0.39 is 11.8 Å². The van der Waals surface area contributed by atoms with Crippen molar-refractivity contribution in [3.63, 3.8) is 0 Å². The molecule has 2 aromatic heterocycles. The van der Waals surface area contributed by atoms with Gasteiger partial charge in [-0.2, -0.15) is 0 Å². The number of pyridine rings is 1. The van der Waals surface area contributed by atoms with Gasteiger partial charge in [-0.1, -0.05) is 0 Å². The number of anilines is 1. The van der Waals surface area contributed by atoms with E-state index in [1.54, 1.807) is 11.3 Å². The molecule has 0 radical (unpaired) electrons. The molecular weight excluding hydrogens is 303 g/mol. The number of fused-ring (bicyclic) bond motifs is 1. The highest BCUT2D eigenvalue weighted by Gasteiger charge is 2.24. The molecule has 0 spiro atoms. The average molecular weight is 320 g/mol. The second-order valence-electron chi connectivity index (χ2n) is 5.32. The highest BCUT2D eigenvalue weighted by atomic mass is 32.1. The molecular formula is C15H17FN4OS. The number of halogens is 1. The minimum absolute atomic E-state index is 0.126. The van der Waals surface area contributed by atoms with Gasteiger partial charge in [0.2, 0.25) is 0 Å². The normalized spacial score (nSPS) is 16.9. The van der Waals surface area contributed by atoms with Crippen LogP contribution in [0.2, 0.25) is 0 Å². The lowest BCUT2D eigenvalue weighted by atomic mass is 9.91. The van der Waals surface area contributed by atoms with Gasteiger partial charge in [-0.3, -0.25) is 4.98 Å². The van der Waals surface area contributed by atoms with Gasteiger partial charge in [0, 0.05) is 23.5 Å². The fourth-order valence-corrected chi connectivity index (χ4v) is 3.75. The number of hydrogen-bond donors (Lipinski definition) is 2. The summed E-state index contributed by atoms with van der Waals surface area (Å²) < 4.78 is 13.4. The topological polar surface area (TPSA) is 66.9 Å². The van der Waals surface area contributed by atoms with Crippen molar-refractivity contribution in [2.24, 2.45) is 0 Å². The second-order valence-corrected chi connectivity index (χ2v) is 6.61. The number of urea groups is 1. The first-order valence-electron chi connectivity index (χ1n) is 7.24. The molecule has 22 heavy (non-hydrogen) atoms. The number of carbonyl (C=O) groups is 1. The van der Waals surface area contributed by atoms with Crippen molar-refractivity contribution in [1.29, 1.82) is 0 Å². The van der Waals surface area contributed by atoms with Crippen molar-refractivity contribution in [2.45, 2.75) is 32.1 Å². The highest BCUT2D eigenvalue weighted by molar-refractivity contribution is 7.11. The largest absolute Gasteiger partial charge is 0.337 e. The first-order valence-corrected chi connectivity index (χ1v) is 8.05. The Morgan fingerprint density at radius 3 is 3.23 bits per heavy atom. The molecule has 0 aromatic carbocycles. The molecule has 116 valence electrons. The first kappa shape index (κ1) is 14.9. The second kappa shape index (κ2) is 6.39. The smallest absolute Gasteiger partial charge is 0.319 e. The maximum absolute atomic E-state index is 13.4. The van der Waals surface area contributed by atoms with Gasteiger partial charge in [-0.05, 0) is 32.3 Å². The molecule has 5 nitrogen and oxygen atoms in total. The molecule has 0 aliphatic heterocycles. The van der Waals surface area contributed by atoms with Gasteiger partial charge in [0.1, 0.15) is 0 Å². The summed E-state index contributed by atoms with van der Waals surface area (Å²) in [6, 6.07) is 1.02. The third-order valence-corrected chi connectivity index (χ3v) is 4.75. The van der Waals surface area contributed by atoms with Crippen molar-refractivity contribution < 1.29 is 9.18 Å². The van der Waals surface area contributed by atoms with Crippen LogP contribution in [0.4, 0.5) is 14.9 Å². The van der Waals surface area contributed by atoms with Crippen LogP contribution in [0.15, 0.2) is 18.5 Å². The summed E-state index contributed by atoms with van der Waals surface area (Å²) in [5.41, 5.74) is 1.24. The quantitative estimate of drug-likeness (QED) is 0.912. The summed E-state index contributed by atoms with van der Waals surface area (Å²) in [7, 11) is 0. The van der Waals surface area contributed by atoms with E-state index in [0.29, 0.717) is 6.54 Å². The van der Waals surface area contributed by atoms with Gasteiger partial charge in [0.25, 0.3) is 0 Å². The van der Waals surface area contributed by atoms with Crippen LogP contribution in [0.3, 0.4) is 0 Å². The van der Waals surface area contributed by atoms with Crippen LogP contribution in [0.1, 0.15) is 34.3 Å². The number of carbonyl (C=O) groups excluding carboxylic acids is 1. The van der Waals surface area contributed by atoms with Gasteiger partial charge in [-0.25, -0.2) is 14.2 Å². The number of aromatic nitrogens is 2. The number of hydrogen-bond acceptors (Lipinski definition) is 4. The van der Waals surface area contributed by atoms with Crippen LogP contribution < -0.4 is 10.6 Å². The summed E-state index contributed by atoms with van der Waals surface area (Å²) in [4.78, 5) is 21.5. The third-order valence-electron chi connectivity index (χ3n) is 3.71. The van der Waals surface area contributed by atoms with Crippen LogP contribution in [0, 0.1) is 12.7 Å². The Morgan fingerprint density at radius 1 is 1.55 bits per heavy atom. The highest BCUT2D eigenvalue weighted by Crippen LogP contribution is 2.34. The maximum Gasteiger partial charge on any atom is 0.319 e. The zero-order valence-electron chi connectivity index (χ0n) is 12.2. The predicted octanol–water partition coefficient (Wildman–Crippen LogP) is 3.23. The number of amides is 2. The minimum atomic E-state index is -0.548. The SMILES string of the molecule is Cc1nc2c(s1)CCC[C@@H]2CNC(=O)Nc1ccncc1F. The Kier molecular flexibility index (Phi) is 4.33. The zero-order chi connectivity index (χ0) is 15.5. The molecule has 0 saturated carbocycles. The molecule has 0 bridgehead atoms. The van der Waals surface area contributed by atoms with Gasteiger partial charge in [-0.15, -0.1) is 11.3 Å². The molecule has 7 heteroatoms. The summed E-state index contributed by atoms with van der Waals surface area (Å²) in [5.74, 6) is -0.311. The van der Waals surface area contributed by atoms with Crippen molar-refractivity contribution >= 4 is 23.1 Å². The Bertz CT molecular complexity index is 688. The molecule has 0 saturated heterocycles. The molecule has 1 aliphatic rings. The summed E-state index contributed by atoms with van der Waals surface area (Å²) in [6.07, 6.45) is 5.71. The van der Waals surface area contributed by atoms with Gasteiger partial charge in [0.15, 0.2) is 5.82 Å². The first-order chi connectivity index (χ1) is 10.6. The average Bonchev–Trinajstić information content (AvgIpc) is 2.88. The minimum Gasteiger partial charge on any atom is -0.337 e. The lowest BCUT2D eigenvalue weighted by Crippen LogP contribution is -2.33. The number of aryl methyl sites for hydroxylation is 2. The molecule has 0 fully saturated rings. The van der Waals surface area contributed by atoms with E-state index in [1.807, 2.05) is 6.92 Å². The molecule has 0 unspecified atom stereocenters. The van der Waals surface area contributed by atoms with E-state index in [4.69, 9.17) is 0 Å². The third kappa shape index (κ3) is 3.24. The van der Waals surface area contributed by atoms with Crippen molar-refractivity contribution in [2.75, 3.05) is 11.9 Å². The van der Waals surface area contributed by atoms with E-state index in [1.165, 1.54) is 17.1 Å². The number of nitrogens with zero attached hydrogens (tertiary/aromatic N) is 2. The van der Waals surface area contributed by atoms with E-state index in [-0.39, 0.29) is 11.6 Å². The monoisotopic (exact) mass is 320 g/mol. The van der Waals surface area contributed by atoms with E-state index in [0.717, 1.165) is 36.2 Å². The van der Waals surface area contributed by atoms with Crippen LogP contribution in [-0.2, 0) is 6.42 Å². The van der Waals surface area contributed by atoms with E-state index in [2.05, 4.69) is 20.6 Å². The Balaban J connectivity index is 1.59. The number of rotatable bonds is 3. The van der Waals surface area contributed by atoms with Crippen molar-refractivity contribution in [3.8, 4) is 0 Å². The summed E-state index contributed by atoms with van der Waals surface area (Å²) in [5, 5.41) is 6.37. The van der Waals surface area contributed by atoms with Crippen molar-refractivity contribution in [3.05, 3.63) is 39.9 Å². The number of nitrogens with one attached hydrogen (secondary N) is 2. The fourth-order valence-electron chi connectivity index (χ4n) is 2.69. The van der Waals surface area contributed by atoms with Crippen LogP contribution in [0.25, 0.3) is 0 Å². The fraction of sp³-hybridized carbons (Fsp3) is 0.400. The molecule has 2 heterocycles. The lowest BCUT2D eigenvalue weighted by molar-refractivity contribution is 0.251. The molecule has 3 rings (SSSR count). The van der Waals surface area contributed by atoms with E-state index in [9.17, 15) is 9.18 Å². The molecule has 2 N–H and O–H groups in total. The van der Waals surface area contributed by atoms with Crippen LogP contribution >= 0.6 is 11.3 Å². The lowest BCUT2D eigenvalue weighted by Gasteiger charge is -2.21. The molecule has 2 aromatic rings. The summed E-state index contributed by atoms with van der Waals surface area (Å²) in [6.45, 7) is 2.51. The van der Waals surface area contributed by atoms with Gasteiger partial charge < -0.3 is 10.6 Å². The van der Waals surface area contributed by atoms with E-state index >= 15 is 0 Å². The summed E-state index contributed by atoms with van der Waals surface area (Å²) >= 11 is 1.74. The standard InChI is InChI=1S/C15H17FN4OS/c1-9-19-14-10(3-2-4-13(14)22-9)7-18-15(21)20-12-5-6-17-8-11(12)16/h5-6,8,10H,2-4,7H2,1H3,(H2,17,18,20,21)/t10-/m1/s1. The van der Waals surface area contributed by atoms with Crippen molar-refractivity contribution in [1.82, 2.24) is 15.3 Å². The van der Waals surface area contributed by atoms with Gasteiger partial charge >= 0.3 is 6.03 Å². The molecule has 2 amide bonds. The Morgan fingerprint density at radius 2 is 2.41 bits per heavy atom. The van der Waals surface area contributed by atoms with Crippen LogP contribution in [-0.4, -0.2) is 22.5 Å². The van der Waals surface area contributed by atoms with Crippen LogP contribution in [0.5, 0.6) is 0 Å². The Labute approximate surface area is 132 Å². The molecule has 1 aliphatic carbocycles. The molecule has 1 atom stereocenters.